The van der Waals surface area contributed by atoms with E-state index in [1.54, 1.807) is 13.8 Å². The van der Waals surface area contributed by atoms with Gasteiger partial charge in [-0.15, -0.1) is 0 Å². The monoisotopic (exact) mass is 283 g/mol. The Labute approximate surface area is 126 Å². The van der Waals surface area contributed by atoms with Crippen molar-refractivity contribution in [2.75, 3.05) is 0 Å². The van der Waals surface area contributed by atoms with Crippen LogP contribution in [0.1, 0.15) is 104 Å². The fraction of sp³-hybridized carbons (Fsp3) is 0.944. The van der Waals surface area contributed by atoms with Crippen molar-refractivity contribution in [3.05, 3.63) is 0 Å². The molecule has 0 spiro atoms. The van der Waals surface area contributed by atoms with E-state index in [-0.39, 0.29) is 0 Å². The highest BCUT2D eigenvalue weighted by molar-refractivity contribution is 5.71. The second kappa shape index (κ2) is 12.2. The third-order valence-corrected chi connectivity index (χ3v) is 4.21. The van der Waals surface area contributed by atoms with Crippen LogP contribution in [0, 0.1) is 5.41 Å². The molecule has 0 heterocycles. The first kappa shape index (κ1) is 19.5. The first-order valence-electron chi connectivity index (χ1n) is 8.72. The molecule has 0 fully saturated rings. The Hall–Kier alpha value is -0.530. The van der Waals surface area contributed by atoms with Crippen molar-refractivity contribution < 1.29 is 9.90 Å². The third-order valence-electron chi connectivity index (χ3n) is 4.21. The molecule has 120 valence electrons. The van der Waals surface area contributed by atoms with Crippen molar-refractivity contribution in [3.8, 4) is 0 Å². The Morgan fingerprint density at radius 1 is 0.750 bits per heavy atom. The fourth-order valence-corrected chi connectivity index (χ4v) is 2.51. The van der Waals surface area contributed by atoms with Crippen LogP contribution in [0.5, 0.6) is 0 Å². The minimum Gasteiger partial charge on any atom is -0.550 e. The number of carbonyl (C=O) groups is 1. The van der Waals surface area contributed by atoms with Crippen molar-refractivity contribution in [2.45, 2.75) is 104 Å². The highest BCUT2D eigenvalue weighted by atomic mass is 16.4. The second-order valence-corrected chi connectivity index (χ2v) is 6.81. The van der Waals surface area contributed by atoms with E-state index in [0.717, 1.165) is 19.3 Å². The van der Waals surface area contributed by atoms with E-state index in [1.165, 1.54) is 64.2 Å². The van der Waals surface area contributed by atoms with Crippen LogP contribution >= 0.6 is 0 Å². The molecule has 0 aromatic carbocycles. The molecule has 2 nitrogen and oxygen atoms in total. The van der Waals surface area contributed by atoms with Gasteiger partial charge in [-0.05, 0) is 6.42 Å². The number of rotatable bonds is 14. The summed E-state index contributed by atoms with van der Waals surface area (Å²) in [5.74, 6) is -0.916. The molecule has 0 N–H and O–H groups in total. The molecule has 0 saturated carbocycles. The maximum Gasteiger partial charge on any atom is 0.0470 e. The average molecular weight is 283 g/mol. The molecule has 0 rings (SSSR count). The number of unbranched alkanes of at least 4 members (excludes halogenated alkanes) is 11. The van der Waals surface area contributed by atoms with E-state index in [0.29, 0.717) is 0 Å². The lowest BCUT2D eigenvalue weighted by atomic mass is 9.87. The summed E-state index contributed by atoms with van der Waals surface area (Å²) in [6, 6.07) is 0. The van der Waals surface area contributed by atoms with Crippen molar-refractivity contribution in [3.63, 3.8) is 0 Å². The minimum absolute atomic E-state index is 0.654. The van der Waals surface area contributed by atoms with Gasteiger partial charge in [-0.1, -0.05) is 97.8 Å². The van der Waals surface area contributed by atoms with Crippen LogP contribution in [0.2, 0.25) is 0 Å². The molecule has 0 aliphatic heterocycles. The highest BCUT2D eigenvalue weighted by Crippen LogP contribution is 2.23. The molecule has 0 aromatic heterocycles. The van der Waals surface area contributed by atoms with Gasteiger partial charge in [0.15, 0.2) is 0 Å². The fourth-order valence-electron chi connectivity index (χ4n) is 2.51. The SMILES string of the molecule is CCCCCCCCCCCCCCC(C)(C)C(=O)[O-]. The Morgan fingerprint density at radius 3 is 1.45 bits per heavy atom. The smallest absolute Gasteiger partial charge is 0.0470 e. The summed E-state index contributed by atoms with van der Waals surface area (Å²) >= 11 is 0. The Kier molecular flexibility index (Phi) is 11.9. The number of hydrogen-bond donors (Lipinski definition) is 0. The van der Waals surface area contributed by atoms with E-state index in [2.05, 4.69) is 6.92 Å². The number of hydrogen-bond acceptors (Lipinski definition) is 2. The van der Waals surface area contributed by atoms with Gasteiger partial charge in [0.25, 0.3) is 0 Å². The normalized spacial score (nSPS) is 11.8. The molecule has 0 atom stereocenters. The standard InChI is InChI=1S/C18H36O2/c1-4-5-6-7-8-9-10-11-12-13-14-15-16-18(2,3)17(19)20/h4-16H2,1-3H3,(H,19,20)/p-1. The Morgan fingerprint density at radius 2 is 1.10 bits per heavy atom. The number of carboxylic acid groups (broad SMARTS) is 1. The quantitative estimate of drug-likeness (QED) is 0.427. The molecule has 2 heteroatoms. The number of carbonyl (C=O) groups excluding carboxylic acids is 1. The zero-order valence-corrected chi connectivity index (χ0v) is 14.0. The van der Waals surface area contributed by atoms with Crippen molar-refractivity contribution in [2.24, 2.45) is 5.41 Å². The summed E-state index contributed by atoms with van der Waals surface area (Å²) in [5, 5.41) is 10.8. The lowest BCUT2D eigenvalue weighted by molar-refractivity contribution is -0.317. The lowest BCUT2D eigenvalue weighted by Crippen LogP contribution is -2.37. The minimum atomic E-state index is -0.916. The molecule has 0 unspecified atom stereocenters. The maximum absolute atomic E-state index is 10.8. The molecule has 20 heavy (non-hydrogen) atoms. The number of aliphatic carboxylic acids is 1. The van der Waals surface area contributed by atoms with Crippen LogP contribution in [-0.4, -0.2) is 5.97 Å². The van der Waals surface area contributed by atoms with Crippen molar-refractivity contribution in [1.29, 1.82) is 0 Å². The first-order valence-corrected chi connectivity index (χ1v) is 8.72. The van der Waals surface area contributed by atoms with Gasteiger partial charge in [0.1, 0.15) is 0 Å². The molecule has 0 amide bonds. The topological polar surface area (TPSA) is 40.1 Å². The molecular formula is C18H35O2-. The summed E-state index contributed by atoms with van der Waals surface area (Å²) in [6.07, 6.45) is 16.5. The maximum atomic E-state index is 10.8. The van der Waals surface area contributed by atoms with Crippen LogP contribution in [0.15, 0.2) is 0 Å². The summed E-state index contributed by atoms with van der Waals surface area (Å²) in [6.45, 7) is 5.79. The summed E-state index contributed by atoms with van der Waals surface area (Å²) in [5.41, 5.74) is -0.654. The van der Waals surface area contributed by atoms with Gasteiger partial charge in [-0.3, -0.25) is 0 Å². The third kappa shape index (κ3) is 11.3. The molecular weight excluding hydrogens is 248 g/mol. The van der Waals surface area contributed by atoms with Gasteiger partial charge in [0.05, 0.1) is 0 Å². The molecule has 0 radical (unpaired) electrons. The van der Waals surface area contributed by atoms with Gasteiger partial charge in [0, 0.05) is 11.4 Å². The van der Waals surface area contributed by atoms with Crippen LogP contribution < -0.4 is 5.11 Å². The van der Waals surface area contributed by atoms with E-state index in [4.69, 9.17) is 0 Å². The highest BCUT2D eigenvalue weighted by Gasteiger charge is 2.18. The predicted molar refractivity (Wildman–Crippen MR) is 84.5 cm³/mol. The van der Waals surface area contributed by atoms with Gasteiger partial charge >= 0.3 is 0 Å². The van der Waals surface area contributed by atoms with Crippen LogP contribution in [0.25, 0.3) is 0 Å². The van der Waals surface area contributed by atoms with E-state index in [9.17, 15) is 9.90 Å². The Balaban J connectivity index is 3.19. The van der Waals surface area contributed by atoms with Gasteiger partial charge in [-0.2, -0.15) is 0 Å². The largest absolute Gasteiger partial charge is 0.550 e. The van der Waals surface area contributed by atoms with Crippen molar-refractivity contribution in [1.82, 2.24) is 0 Å². The molecule has 0 aromatic rings. The van der Waals surface area contributed by atoms with Crippen LogP contribution in [0.3, 0.4) is 0 Å². The Bertz CT molecular complexity index is 234. The van der Waals surface area contributed by atoms with Gasteiger partial charge < -0.3 is 9.90 Å². The van der Waals surface area contributed by atoms with E-state index >= 15 is 0 Å². The molecule has 0 bridgehead atoms. The zero-order chi connectivity index (χ0) is 15.3. The second-order valence-electron chi connectivity index (χ2n) is 6.81. The molecule has 0 saturated heterocycles. The predicted octanol–water partition coefficient (Wildman–Crippen LogP) is 4.85. The summed E-state index contributed by atoms with van der Waals surface area (Å²) < 4.78 is 0. The van der Waals surface area contributed by atoms with Gasteiger partial charge in [-0.25, -0.2) is 0 Å². The first-order chi connectivity index (χ1) is 9.50. The zero-order valence-electron chi connectivity index (χ0n) is 14.0. The molecule has 0 aliphatic rings. The average Bonchev–Trinajstić information content (AvgIpc) is 2.39. The molecule has 0 aliphatic carbocycles. The lowest BCUT2D eigenvalue weighted by Gasteiger charge is -2.25. The number of carboxylic acids is 1. The summed E-state index contributed by atoms with van der Waals surface area (Å²) in [4.78, 5) is 10.8. The summed E-state index contributed by atoms with van der Waals surface area (Å²) in [7, 11) is 0. The van der Waals surface area contributed by atoms with Crippen LogP contribution in [0.4, 0.5) is 0 Å². The van der Waals surface area contributed by atoms with Crippen molar-refractivity contribution >= 4 is 5.97 Å². The van der Waals surface area contributed by atoms with Gasteiger partial charge in [0.2, 0.25) is 0 Å². The van der Waals surface area contributed by atoms with Crippen LogP contribution in [-0.2, 0) is 4.79 Å². The van der Waals surface area contributed by atoms with E-state index in [1.807, 2.05) is 0 Å². The van der Waals surface area contributed by atoms with E-state index < -0.39 is 11.4 Å².